The fourth-order valence-corrected chi connectivity index (χ4v) is 1.44. The number of rotatable bonds is 3. The van der Waals surface area contributed by atoms with Crippen LogP contribution in [0, 0.1) is 0 Å². The fourth-order valence-electron chi connectivity index (χ4n) is 0.911. The molecule has 0 saturated heterocycles. The van der Waals surface area contributed by atoms with Gasteiger partial charge < -0.3 is 14.4 Å². The van der Waals surface area contributed by atoms with E-state index in [0.717, 1.165) is 5.56 Å². The van der Waals surface area contributed by atoms with Gasteiger partial charge in [0.05, 0.1) is 0 Å². The van der Waals surface area contributed by atoms with Crippen molar-refractivity contribution >= 4 is 7.60 Å². The Morgan fingerprint density at radius 1 is 1.15 bits per heavy atom. The van der Waals surface area contributed by atoms with Gasteiger partial charge in [0.15, 0.2) is 0 Å². The van der Waals surface area contributed by atoms with E-state index in [1.54, 1.807) is 12.1 Å². The molecule has 0 unspecified atom stereocenters. The smallest absolute Gasteiger partial charge is 0.811 e. The molecule has 0 aliphatic rings. The maximum atomic E-state index is 10.3. The molecule has 0 bridgehead atoms. The Morgan fingerprint density at radius 2 is 1.69 bits per heavy atom. The van der Waals surface area contributed by atoms with Crippen molar-refractivity contribution in [1.29, 1.82) is 0 Å². The SMILES string of the molecule is O=P([O-])([O-])CCc1ccccc1.[Zn+2]. The molecular weight excluding hydrogens is 240 g/mol. The second-order valence-electron chi connectivity index (χ2n) is 2.57. The van der Waals surface area contributed by atoms with Gasteiger partial charge in [0.2, 0.25) is 0 Å². The van der Waals surface area contributed by atoms with Crippen molar-refractivity contribution in [3.05, 3.63) is 35.9 Å². The third kappa shape index (κ3) is 6.12. The van der Waals surface area contributed by atoms with Gasteiger partial charge in [0, 0.05) is 0 Å². The molecule has 0 spiro atoms. The largest absolute Gasteiger partial charge is 2.00 e. The van der Waals surface area contributed by atoms with Gasteiger partial charge in [-0.1, -0.05) is 37.9 Å². The predicted octanol–water partition coefficient (Wildman–Crippen LogP) is 0.140. The average molecular weight is 250 g/mol. The second-order valence-corrected chi connectivity index (χ2v) is 4.24. The summed E-state index contributed by atoms with van der Waals surface area (Å²) in [5.41, 5.74) is 0.879. The first-order chi connectivity index (χ1) is 5.58. The van der Waals surface area contributed by atoms with E-state index in [2.05, 4.69) is 0 Å². The Hall–Kier alpha value is -0.00662. The van der Waals surface area contributed by atoms with Gasteiger partial charge in [-0.05, 0) is 18.1 Å². The molecule has 0 N–H and O–H groups in total. The maximum Gasteiger partial charge on any atom is 2.00 e. The molecule has 0 amide bonds. The number of benzene rings is 1. The van der Waals surface area contributed by atoms with E-state index >= 15 is 0 Å². The minimum absolute atomic E-state index is 0. The summed E-state index contributed by atoms with van der Waals surface area (Å²) in [5, 5.41) is 0. The van der Waals surface area contributed by atoms with Crippen molar-refractivity contribution < 1.29 is 33.8 Å². The molecule has 0 fully saturated rings. The Labute approximate surface area is 90.1 Å². The van der Waals surface area contributed by atoms with Crippen LogP contribution >= 0.6 is 7.60 Å². The van der Waals surface area contributed by atoms with Gasteiger partial charge in [0.25, 0.3) is 0 Å². The van der Waals surface area contributed by atoms with Crippen molar-refractivity contribution in [2.24, 2.45) is 0 Å². The van der Waals surface area contributed by atoms with Crippen LogP contribution in [0.15, 0.2) is 30.3 Å². The Bertz CT molecular complexity index is 283. The topological polar surface area (TPSA) is 63.2 Å². The van der Waals surface area contributed by atoms with E-state index in [4.69, 9.17) is 0 Å². The van der Waals surface area contributed by atoms with Crippen LogP contribution in [0.3, 0.4) is 0 Å². The van der Waals surface area contributed by atoms with E-state index in [9.17, 15) is 14.4 Å². The molecule has 1 aromatic carbocycles. The quantitative estimate of drug-likeness (QED) is 0.565. The van der Waals surface area contributed by atoms with Crippen molar-refractivity contribution in [1.82, 2.24) is 0 Å². The molecule has 1 aromatic rings. The predicted molar refractivity (Wildman–Crippen MR) is 42.6 cm³/mol. The van der Waals surface area contributed by atoms with Crippen LogP contribution in [0.4, 0.5) is 0 Å². The monoisotopic (exact) mass is 248 g/mol. The Balaban J connectivity index is 0.00000144. The second kappa shape index (κ2) is 5.67. The summed E-state index contributed by atoms with van der Waals surface area (Å²) in [6.07, 6.45) is 0.0160. The minimum atomic E-state index is -4.33. The van der Waals surface area contributed by atoms with E-state index in [0.29, 0.717) is 6.42 Å². The molecule has 0 radical (unpaired) electrons. The first-order valence-corrected chi connectivity index (χ1v) is 5.36. The molecule has 5 heteroatoms. The average Bonchev–Trinajstić information content (AvgIpc) is 2.02. The minimum Gasteiger partial charge on any atom is -0.811 e. The van der Waals surface area contributed by atoms with Crippen LogP contribution in [-0.4, -0.2) is 6.16 Å². The molecule has 0 saturated carbocycles. The zero-order valence-electron chi connectivity index (χ0n) is 7.18. The first-order valence-electron chi connectivity index (χ1n) is 3.63. The van der Waals surface area contributed by atoms with Crippen molar-refractivity contribution in [2.75, 3.05) is 6.16 Å². The summed E-state index contributed by atoms with van der Waals surface area (Å²) >= 11 is 0. The normalized spacial score (nSPS) is 10.6. The molecular formula is C8H9O3PZn. The standard InChI is InChI=1S/C8H11O3P.Zn/c9-12(10,11)7-6-8-4-2-1-3-5-8;/h1-5H,6-7H2,(H2,9,10,11);/q;+2/p-2. The summed E-state index contributed by atoms with van der Waals surface area (Å²) in [4.78, 5) is 20.6. The van der Waals surface area contributed by atoms with E-state index < -0.39 is 7.60 Å². The van der Waals surface area contributed by atoms with E-state index in [-0.39, 0.29) is 25.6 Å². The zero-order valence-corrected chi connectivity index (χ0v) is 11.0. The molecule has 3 nitrogen and oxygen atoms in total. The van der Waals surface area contributed by atoms with Gasteiger partial charge in [-0.3, -0.25) is 0 Å². The number of hydrogen-bond donors (Lipinski definition) is 0. The summed E-state index contributed by atoms with van der Waals surface area (Å²) in [5.74, 6) is 0. The third-order valence-electron chi connectivity index (χ3n) is 1.52. The van der Waals surface area contributed by atoms with Crippen molar-refractivity contribution in [3.63, 3.8) is 0 Å². The molecule has 66 valence electrons. The Kier molecular flexibility index (Phi) is 5.66. The van der Waals surface area contributed by atoms with Gasteiger partial charge >= 0.3 is 19.5 Å². The van der Waals surface area contributed by atoms with Crippen molar-refractivity contribution in [3.8, 4) is 0 Å². The van der Waals surface area contributed by atoms with Gasteiger partial charge in [-0.25, -0.2) is 0 Å². The molecule has 1 rings (SSSR count). The van der Waals surface area contributed by atoms with E-state index in [1.807, 2.05) is 18.2 Å². The molecule has 0 aliphatic heterocycles. The summed E-state index contributed by atoms with van der Waals surface area (Å²) in [6.45, 7) is 0. The number of hydrogen-bond acceptors (Lipinski definition) is 3. The summed E-state index contributed by atoms with van der Waals surface area (Å²) < 4.78 is 10.3. The van der Waals surface area contributed by atoms with Crippen molar-refractivity contribution in [2.45, 2.75) is 6.42 Å². The van der Waals surface area contributed by atoms with Gasteiger partial charge in [-0.15, -0.1) is 0 Å². The molecule has 0 aliphatic carbocycles. The van der Waals surface area contributed by atoms with Crippen LogP contribution in [0.2, 0.25) is 0 Å². The molecule has 0 atom stereocenters. The van der Waals surface area contributed by atoms with Crippen LogP contribution in [0.1, 0.15) is 5.56 Å². The summed E-state index contributed by atoms with van der Waals surface area (Å²) in [6, 6.07) is 9.08. The molecule has 0 aromatic heterocycles. The maximum absolute atomic E-state index is 10.3. The summed E-state index contributed by atoms with van der Waals surface area (Å²) in [7, 11) is -4.33. The van der Waals surface area contributed by atoms with Gasteiger partial charge in [-0.2, -0.15) is 0 Å². The zero-order chi connectivity index (χ0) is 9.03. The fraction of sp³-hybridized carbons (Fsp3) is 0.250. The van der Waals surface area contributed by atoms with Crippen LogP contribution < -0.4 is 9.79 Å². The molecule has 13 heavy (non-hydrogen) atoms. The van der Waals surface area contributed by atoms with E-state index in [1.165, 1.54) is 0 Å². The van der Waals surface area contributed by atoms with Crippen LogP contribution in [0.25, 0.3) is 0 Å². The van der Waals surface area contributed by atoms with Crippen LogP contribution in [-0.2, 0) is 30.5 Å². The Morgan fingerprint density at radius 3 is 2.15 bits per heavy atom. The molecule has 0 heterocycles. The van der Waals surface area contributed by atoms with Gasteiger partial charge in [0.1, 0.15) is 0 Å². The number of aryl methyl sites for hydroxylation is 1. The third-order valence-corrected chi connectivity index (χ3v) is 2.29. The first kappa shape index (κ1) is 13.0. The van der Waals surface area contributed by atoms with Crippen LogP contribution in [0.5, 0.6) is 0 Å².